The van der Waals surface area contributed by atoms with Gasteiger partial charge in [0.25, 0.3) is 5.91 Å². The highest BCUT2D eigenvalue weighted by Gasteiger charge is 2.19. The predicted octanol–water partition coefficient (Wildman–Crippen LogP) is 5.32. The van der Waals surface area contributed by atoms with Crippen LogP contribution in [0.5, 0.6) is 0 Å². The minimum Gasteiger partial charge on any atom is -0.436 e. The summed E-state index contributed by atoms with van der Waals surface area (Å²) in [6.45, 7) is 0. The lowest BCUT2D eigenvalue weighted by atomic mass is 10.1. The topological polar surface area (TPSA) is 67.2 Å². The van der Waals surface area contributed by atoms with Crippen LogP contribution in [0.15, 0.2) is 71.3 Å². The first kappa shape index (κ1) is 20.1. The monoisotopic (exact) mass is 427 g/mol. The molecule has 2 N–H and O–H groups in total. The number of hydrazine groups is 1. The summed E-state index contributed by atoms with van der Waals surface area (Å²) in [4.78, 5) is 16.7. The summed E-state index contributed by atoms with van der Waals surface area (Å²) < 4.78 is 59.8. The number of hydrogen-bond acceptors (Lipinski definition) is 4. The van der Waals surface area contributed by atoms with E-state index in [1.165, 1.54) is 24.4 Å². The summed E-state index contributed by atoms with van der Waals surface area (Å²) in [6.07, 6.45) is 1.33. The van der Waals surface area contributed by atoms with Crippen molar-refractivity contribution in [3.05, 3.63) is 95.7 Å². The van der Waals surface area contributed by atoms with E-state index in [1.807, 2.05) is 0 Å². The normalized spacial score (nSPS) is 10.7. The fraction of sp³-hybridized carbons (Fsp3) is 0. The Morgan fingerprint density at radius 1 is 0.806 bits per heavy atom. The molecular weight excluding hydrogens is 414 g/mol. The molecule has 0 bridgehead atoms. The van der Waals surface area contributed by atoms with Crippen LogP contribution in [-0.2, 0) is 0 Å². The molecule has 0 saturated heterocycles. The van der Waals surface area contributed by atoms with Crippen LogP contribution in [0.25, 0.3) is 22.8 Å². The fourth-order valence-corrected chi connectivity index (χ4v) is 2.87. The van der Waals surface area contributed by atoms with Gasteiger partial charge < -0.3 is 4.42 Å². The van der Waals surface area contributed by atoms with Crippen LogP contribution >= 0.6 is 0 Å². The number of aromatic nitrogens is 1. The van der Waals surface area contributed by atoms with Crippen LogP contribution in [0, 0.1) is 23.3 Å². The number of carbonyl (C=O) groups is 1. The van der Waals surface area contributed by atoms with Gasteiger partial charge in [-0.25, -0.2) is 22.5 Å². The Balaban J connectivity index is 1.59. The second-order valence-electron chi connectivity index (χ2n) is 6.36. The van der Waals surface area contributed by atoms with E-state index in [4.69, 9.17) is 4.42 Å². The van der Waals surface area contributed by atoms with Crippen molar-refractivity contribution in [3.63, 3.8) is 0 Å². The van der Waals surface area contributed by atoms with E-state index in [-0.39, 0.29) is 28.3 Å². The van der Waals surface area contributed by atoms with Crippen molar-refractivity contribution in [2.75, 3.05) is 5.43 Å². The zero-order valence-electron chi connectivity index (χ0n) is 15.6. The molecule has 4 aromatic rings. The molecule has 4 rings (SSSR count). The standard InChI is InChI=1S/C22H13F4N3O2/c23-15-8-4-3-7-14(15)18-11-27-22(31-18)13-6-2-1-5-12(13)21(30)29-28-17-10-9-16(24)19(25)20(17)26/h1-11,28H,(H,29,30). The average molecular weight is 427 g/mol. The van der Waals surface area contributed by atoms with Crippen molar-refractivity contribution < 1.29 is 26.8 Å². The van der Waals surface area contributed by atoms with E-state index < -0.39 is 34.9 Å². The second-order valence-corrected chi connectivity index (χ2v) is 6.36. The van der Waals surface area contributed by atoms with Gasteiger partial charge in [0.2, 0.25) is 5.89 Å². The highest BCUT2D eigenvalue weighted by atomic mass is 19.2. The number of rotatable bonds is 5. The van der Waals surface area contributed by atoms with E-state index >= 15 is 0 Å². The van der Waals surface area contributed by atoms with Gasteiger partial charge in [-0.3, -0.25) is 15.6 Å². The van der Waals surface area contributed by atoms with Crippen LogP contribution in [0.4, 0.5) is 23.2 Å². The third-order valence-corrected chi connectivity index (χ3v) is 4.39. The minimum absolute atomic E-state index is 0.0583. The molecule has 0 saturated carbocycles. The van der Waals surface area contributed by atoms with Crippen molar-refractivity contribution in [1.82, 2.24) is 10.4 Å². The highest BCUT2D eigenvalue weighted by molar-refractivity contribution is 6.00. The molecule has 1 amide bonds. The van der Waals surface area contributed by atoms with Crippen molar-refractivity contribution in [2.45, 2.75) is 0 Å². The molecule has 0 aliphatic rings. The van der Waals surface area contributed by atoms with E-state index in [2.05, 4.69) is 15.8 Å². The number of nitrogens with zero attached hydrogens (tertiary/aromatic N) is 1. The van der Waals surface area contributed by atoms with Crippen molar-refractivity contribution in [1.29, 1.82) is 0 Å². The molecule has 9 heteroatoms. The lowest BCUT2D eigenvalue weighted by molar-refractivity contribution is 0.0963. The van der Waals surface area contributed by atoms with Gasteiger partial charge in [0.15, 0.2) is 23.2 Å². The first-order chi connectivity index (χ1) is 15.0. The third-order valence-electron chi connectivity index (χ3n) is 4.39. The molecule has 0 fully saturated rings. The molecule has 0 radical (unpaired) electrons. The van der Waals surface area contributed by atoms with Gasteiger partial charge in [0.05, 0.1) is 23.0 Å². The van der Waals surface area contributed by atoms with Crippen LogP contribution in [0.2, 0.25) is 0 Å². The van der Waals surface area contributed by atoms with Gasteiger partial charge >= 0.3 is 0 Å². The largest absolute Gasteiger partial charge is 0.436 e. The molecule has 31 heavy (non-hydrogen) atoms. The van der Waals surface area contributed by atoms with Crippen molar-refractivity contribution in [2.24, 2.45) is 0 Å². The highest BCUT2D eigenvalue weighted by Crippen LogP contribution is 2.29. The Morgan fingerprint density at radius 3 is 2.29 bits per heavy atom. The maximum atomic E-state index is 14.0. The summed E-state index contributed by atoms with van der Waals surface area (Å²) in [6, 6.07) is 13.9. The Kier molecular flexibility index (Phi) is 5.40. The Labute approximate surface area is 173 Å². The molecule has 0 spiro atoms. The van der Waals surface area contributed by atoms with Crippen molar-refractivity contribution in [3.8, 4) is 22.8 Å². The summed E-state index contributed by atoms with van der Waals surface area (Å²) in [7, 11) is 0. The molecule has 0 unspecified atom stereocenters. The lowest BCUT2D eigenvalue weighted by Crippen LogP contribution is -2.30. The Hall–Kier alpha value is -4.14. The summed E-state index contributed by atoms with van der Waals surface area (Å²) >= 11 is 0. The second kappa shape index (κ2) is 8.31. The number of benzene rings is 3. The Bertz CT molecular complexity index is 1270. The number of halogens is 4. The molecule has 3 aromatic carbocycles. The maximum Gasteiger partial charge on any atom is 0.270 e. The first-order valence-corrected chi connectivity index (χ1v) is 8.95. The fourth-order valence-electron chi connectivity index (χ4n) is 2.87. The molecule has 0 atom stereocenters. The number of carbonyl (C=O) groups excluding carboxylic acids is 1. The smallest absolute Gasteiger partial charge is 0.270 e. The number of amides is 1. The van der Waals surface area contributed by atoms with E-state index in [9.17, 15) is 22.4 Å². The van der Waals surface area contributed by atoms with Gasteiger partial charge in [-0.2, -0.15) is 0 Å². The van der Waals surface area contributed by atoms with Crippen molar-refractivity contribution >= 4 is 11.6 Å². The molecule has 1 heterocycles. The molecular formula is C22H13F4N3O2. The number of oxazole rings is 1. The van der Waals surface area contributed by atoms with E-state index in [1.54, 1.807) is 30.3 Å². The zero-order chi connectivity index (χ0) is 22.0. The van der Waals surface area contributed by atoms with E-state index in [0.717, 1.165) is 12.1 Å². The SMILES string of the molecule is O=C(NNc1ccc(F)c(F)c1F)c1ccccc1-c1ncc(-c2ccccc2F)o1. The van der Waals surface area contributed by atoms with Crippen LogP contribution in [0.1, 0.15) is 10.4 Å². The summed E-state index contributed by atoms with van der Waals surface area (Å²) in [5, 5.41) is 0. The quantitative estimate of drug-likeness (QED) is 0.257. The summed E-state index contributed by atoms with van der Waals surface area (Å²) in [5.41, 5.74) is 4.56. The maximum absolute atomic E-state index is 14.0. The van der Waals surface area contributed by atoms with E-state index in [0.29, 0.717) is 0 Å². The van der Waals surface area contributed by atoms with Gasteiger partial charge in [-0.05, 0) is 36.4 Å². The lowest BCUT2D eigenvalue weighted by Gasteiger charge is -2.11. The van der Waals surface area contributed by atoms with Gasteiger partial charge in [-0.15, -0.1) is 0 Å². The average Bonchev–Trinajstić information content (AvgIpc) is 3.27. The Morgan fingerprint density at radius 2 is 1.52 bits per heavy atom. The number of nitrogens with one attached hydrogen (secondary N) is 2. The van der Waals surface area contributed by atoms with Crippen LogP contribution < -0.4 is 10.9 Å². The van der Waals surface area contributed by atoms with Crippen LogP contribution in [0.3, 0.4) is 0 Å². The molecule has 5 nitrogen and oxygen atoms in total. The summed E-state index contributed by atoms with van der Waals surface area (Å²) in [5.74, 6) is -5.47. The first-order valence-electron chi connectivity index (χ1n) is 8.95. The molecule has 0 aliphatic heterocycles. The van der Waals surface area contributed by atoms with Gasteiger partial charge in [0.1, 0.15) is 5.82 Å². The minimum atomic E-state index is -1.67. The molecule has 1 aromatic heterocycles. The predicted molar refractivity (Wildman–Crippen MR) is 105 cm³/mol. The van der Waals surface area contributed by atoms with Gasteiger partial charge in [0, 0.05) is 5.56 Å². The van der Waals surface area contributed by atoms with Crippen LogP contribution in [-0.4, -0.2) is 10.9 Å². The zero-order valence-corrected chi connectivity index (χ0v) is 15.6. The molecule has 0 aliphatic carbocycles. The molecule has 156 valence electrons. The number of anilines is 1. The number of hydrogen-bond donors (Lipinski definition) is 2. The van der Waals surface area contributed by atoms with Gasteiger partial charge in [-0.1, -0.05) is 24.3 Å². The third kappa shape index (κ3) is 3.97.